The Kier molecular flexibility index (Phi) is 4.37. The molecule has 0 aliphatic heterocycles. The zero-order valence-corrected chi connectivity index (χ0v) is 10.1. The summed E-state index contributed by atoms with van der Waals surface area (Å²) in [6.45, 7) is 3.23. The van der Waals surface area contributed by atoms with Crippen LogP contribution in [0.1, 0.15) is 29.3 Å². The molecular weight excluding hydrogens is 223 g/mol. The Bertz CT molecular complexity index is 440. The topological polar surface area (TPSA) is 43.4 Å². The molecule has 0 aromatic heterocycles. The van der Waals surface area contributed by atoms with Crippen molar-refractivity contribution in [3.05, 3.63) is 35.1 Å². The summed E-state index contributed by atoms with van der Waals surface area (Å²) in [5.41, 5.74) is 0.770. The van der Waals surface area contributed by atoms with E-state index in [1.165, 1.54) is 13.2 Å². The number of halogens is 1. The van der Waals surface area contributed by atoms with Crippen LogP contribution in [0, 0.1) is 18.7 Å². The summed E-state index contributed by atoms with van der Waals surface area (Å²) in [6, 6.07) is 4.30. The number of hydrogen-bond donors (Lipinski definition) is 0. The van der Waals surface area contributed by atoms with Crippen LogP contribution in [0.3, 0.4) is 0 Å². The third-order valence-electron chi connectivity index (χ3n) is 2.59. The minimum absolute atomic E-state index is 0.0230. The molecule has 1 unspecified atom stereocenters. The van der Waals surface area contributed by atoms with Gasteiger partial charge in [-0.2, -0.15) is 0 Å². The number of ketones is 1. The highest BCUT2D eigenvalue weighted by Crippen LogP contribution is 2.14. The van der Waals surface area contributed by atoms with Crippen molar-refractivity contribution in [3.63, 3.8) is 0 Å². The van der Waals surface area contributed by atoms with Gasteiger partial charge in [0.05, 0.1) is 13.0 Å². The molecular formula is C13H15FO3. The predicted molar refractivity (Wildman–Crippen MR) is 61.3 cm³/mol. The van der Waals surface area contributed by atoms with Gasteiger partial charge in [0.15, 0.2) is 5.78 Å². The van der Waals surface area contributed by atoms with E-state index < -0.39 is 17.7 Å². The molecule has 0 saturated carbocycles. The van der Waals surface area contributed by atoms with Crippen molar-refractivity contribution in [1.29, 1.82) is 0 Å². The van der Waals surface area contributed by atoms with E-state index in [2.05, 4.69) is 4.74 Å². The Balaban J connectivity index is 2.76. The van der Waals surface area contributed by atoms with Crippen LogP contribution in [0.2, 0.25) is 0 Å². The van der Waals surface area contributed by atoms with Crippen molar-refractivity contribution in [2.24, 2.45) is 5.92 Å². The van der Waals surface area contributed by atoms with Gasteiger partial charge in [-0.15, -0.1) is 0 Å². The van der Waals surface area contributed by atoms with Gasteiger partial charge in [0.2, 0.25) is 0 Å². The molecule has 0 amide bonds. The monoisotopic (exact) mass is 238 g/mol. The van der Waals surface area contributed by atoms with Crippen LogP contribution in [-0.2, 0) is 9.53 Å². The normalized spacial score (nSPS) is 12.0. The summed E-state index contributed by atoms with van der Waals surface area (Å²) < 4.78 is 17.8. The molecule has 0 bridgehead atoms. The first kappa shape index (κ1) is 13.4. The van der Waals surface area contributed by atoms with Crippen LogP contribution >= 0.6 is 0 Å². The zero-order chi connectivity index (χ0) is 13.0. The van der Waals surface area contributed by atoms with Crippen LogP contribution in [0.25, 0.3) is 0 Å². The van der Waals surface area contributed by atoms with Crippen LogP contribution < -0.4 is 0 Å². The van der Waals surface area contributed by atoms with Gasteiger partial charge in [-0.1, -0.05) is 19.1 Å². The minimum Gasteiger partial charge on any atom is -0.469 e. The molecule has 17 heavy (non-hydrogen) atoms. The molecule has 1 aromatic rings. The highest BCUT2D eigenvalue weighted by molar-refractivity contribution is 5.98. The summed E-state index contributed by atoms with van der Waals surface area (Å²) in [5, 5.41) is 0. The molecule has 0 N–H and O–H groups in total. The standard InChI is InChI=1S/C13H15FO3/c1-8-4-5-10(7-11(8)14)12(15)6-9(2)13(16)17-3/h4-5,7,9H,6H2,1-3H3. The van der Waals surface area contributed by atoms with Crippen LogP contribution in [-0.4, -0.2) is 18.9 Å². The van der Waals surface area contributed by atoms with Crippen LogP contribution in [0.5, 0.6) is 0 Å². The van der Waals surface area contributed by atoms with Gasteiger partial charge in [0, 0.05) is 12.0 Å². The molecule has 4 heteroatoms. The second kappa shape index (κ2) is 5.57. The Hall–Kier alpha value is -1.71. The summed E-state index contributed by atoms with van der Waals surface area (Å²) in [4.78, 5) is 22.9. The van der Waals surface area contributed by atoms with E-state index in [0.717, 1.165) is 0 Å². The molecule has 3 nitrogen and oxygen atoms in total. The van der Waals surface area contributed by atoms with Crippen molar-refractivity contribution >= 4 is 11.8 Å². The predicted octanol–water partition coefficient (Wildman–Crippen LogP) is 2.52. The van der Waals surface area contributed by atoms with Crippen LogP contribution in [0.15, 0.2) is 18.2 Å². The quantitative estimate of drug-likeness (QED) is 0.598. The number of carbonyl (C=O) groups is 2. The summed E-state index contributed by atoms with van der Waals surface area (Å²) in [6.07, 6.45) is 0.0230. The fraction of sp³-hybridized carbons (Fsp3) is 0.385. The second-order valence-electron chi connectivity index (χ2n) is 4.02. The molecule has 0 fully saturated rings. The van der Waals surface area contributed by atoms with E-state index in [-0.39, 0.29) is 17.8 Å². The number of hydrogen-bond acceptors (Lipinski definition) is 3. The zero-order valence-electron chi connectivity index (χ0n) is 10.1. The molecule has 0 spiro atoms. The molecule has 0 saturated heterocycles. The van der Waals surface area contributed by atoms with Crippen molar-refractivity contribution in [3.8, 4) is 0 Å². The number of aryl methyl sites for hydroxylation is 1. The highest BCUT2D eigenvalue weighted by atomic mass is 19.1. The van der Waals surface area contributed by atoms with Gasteiger partial charge >= 0.3 is 5.97 Å². The van der Waals surface area contributed by atoms with E-state index >= 15 is 0 Å². The summed E-state index contributed by atoms with van der Waals surface area (Å²) >= 11 is 0. The smallest absolute Gasteiger partial charge is 0.308 e. The lowest BCUT2D eigenvalue weighted by atomic mass is 9.99. The second-order valence-corrected chi connectivity index (χ2v) is 4.02. The average molecular weight is 238 g/mol. The number of esters is 1. The third kappa shape index (κ3) is 3.37. The number of Topliss-reactive ketones (excluding diaryl/α,β-unsaturated/α-hetero) is 1. The number of carbonyl (C=O) groups excluding carboxylic acids is 2. The first-order chi connectivity index (χ1) is 7.95. The van der Waals surface area contributed by atoms with Gasteiger partial charge in [-0.3, -0.25) is 9.59 Å². The van der Waals surface area contributed by atoms with Crippen molar-refractivity contribution < 1.29 is 18.7 Å². The van der Waals surface area contributed by atoms with E-state index in [1.54, 1.807) is 26.0 Å². The maximum absolute atomic E-state index is 13.3. The number of rotatable bonds is 4. The molecule has 0 aliphatic carbocycles. The lowest BCUT2D eigenvalue weighted by Crippen LogP contribution is -2.17. The Labute approximate surface area is 99.6 Å². The van der Waals surface area contributed by atoms with E-state index in [0.29, 0.717) is 5.56 Å². The molecule has 1 atom stereocenters. The molecule has 1 rings (SSSR count). The molecule has 1 aromatic carbocycles. The number of ether oxygens (including phenoxy) is 1. The number of methoxy groups -OCH3 is 1. The van der Waals surface area contributed by atoms with Crippen molar-refractivity contribution in [1.82, 2.24) is 0 Å². The molecule has 0 radical (unpaired) electrons. The van der Waals surface area contributed by atoms with Gasteiger partial charge in [-0.25, -0.2) is 4.39 Å². The minimum atomic E-state index is -0.517. The largest absolute Gasteiger partial charge is 0.469 e. The van der Waals surface area contributed by atoms with Crippen molar-refractivity contribution in [2.45, 2.75) is 20.3 Å². The van der Waals surface area contributed by atoms with Gasteiger partial charge in [0.1, 0.15) is 5.82 Å². The fourth-order valence-electron chi connectivity index (χ4n) is 1.45. The van der Waals surface area contributed by atoms with E-state index in [4.69, 9.17) is 0 Å². The fourth-order valence-corrected chi connectivity index (χ4v) is 1.45. The lowest BCUT2D eigenvalue weighted by molar-refractivity contribution is -0.144. The first-order valence-electron chi connectivity index (χ1n) is 5.33. The Morgan fingerprint density at radius 1 is 1.41 bits per heavy atom. The van der Waals surface area contributed by atoms with E-state index in [1.807, 2.05) is 0 Å². The highest BCUT2D eigenvalue weighted by Gasteiger charge is 2.18. The average Bonchev–Trinajstić information content (AvgIpc) is 2.31. The summed E-state index contributed by atoms with van der Waals surface area (Å²) in [5.74, 6) is -1.63. The van der Waals surface area contributed by atoms with Crippen molar-refractivity contribution in [2.75, 3.05) is 7.11 Å². The van der Waals surface area contributed by atoms with Gasteiger partial charge < -0.3 is 4.74 Å². The molecule has 92 valence electrons. The van der Waals surface area contributed by atoms with E-state index in [9.17, 15) is 14.0 Å². The Morgan fingerprint density at radius 2 is 2.06 bits per heavy atom. The first-order valence-corrected chi connectivity index (χ1v) is 5.33. The SMILES string of the molecule is COC(=O)C(C)CC(=O)c1ccc(C)c(F)c1. The maximum atomic E-state index is 13.3. The van der Waals surface area contributed by atoms with Gasteiger partial charge in [-0.05, 0) is 18.6 Å². The third-order valence-corrected chi connectivity index (χ3v) is 2.59. The molecule has 0 heterocycles. The Morgan fingerprint density at radius 3 is 2.59 bits per heavy atom. The lowest BCUT2D eigenvalue weighted by Gasteiger charge is -2.08. The summed E-state index contributed by atoms with van der Waals surface area (Å²) in [7, 11) is 1.27. The molecule has 0 aliphatic rings. The number of benzene rings is 1. The maximum Gasteiger partial charge on any atom is 0.308 e. The van der Waals surface area contributed by atoms with Crippen LogP contribution in [0.4, 0.5) is 4.39 Å². The van der Waals surface area contributed by atoms with Gasteiger partial charge in [0.25, 0.3) is 0 Å².